The van der Waals surface area contributed by atoms with Crippen LogP contribution < -0.4 is 10.6 Å². The van der Waals surface area contributed by atoms with Gasteiger partial charge in [-0.05, 0) is 18.1 Å². The SMILES string of the molecule is CCCNC(=O)CNCc1cn(C)c2ccccc12. The molecule has 1 heterocycles. The number of nitrogens with zero attached hydrogens (tertiary/aromatic N) is 1. The van der Waals surface area contributed by atoms with Crippen LogP contribution in [0.15, 0.2) is 30.5 Å². The molecule has 102 valence electrons. The summed E-state index contributed by atoms with van der Waals surface area (Å²) in [6, 6.07) is 8.30. The van der Waals surface area contributed by atoms with Gasteiger partial charge in [0.2, 0.25) is 5.91 Å². The van der Waals surface area contributed by atoms with Crippen molar-refractivity contribution >= 4 is 16.8 Å². The number of hydrogen-bond acceptors (Lipinski definition) is 2. The molecule has 0 aliphatic carbocycles. The first kappa shape index (κ1) is 13.6. The molecule has 1 aromatic carbocycles. The number of nitrogens with one attached hydrogen (secondary N) is 2. The highest BCUT2D eigenvalue weighted by Gasteiger charge is 2.06. The lowest BCUT2D eigenvalue weighted by Crippen LogP contribution is -2.33. The van der Waals surface area contributed by atoms with E-state index < -0.39 is 0 Å². The van der Waals surface area contributed by atoms with Crippen LogP contribution in [0, 0.1) is 0 Å². The van der Waals surface area contributed by atoms with Crippen molar-refractivity contribution in [1.29, 1.82) is 0 Å². The fourth-order valence-electron chi connectivity index (χ4n) is 2.20. The van der Waals surface area contributed by atoms with Gasteiger partial charge in [-0.3, -0.25) is 4.79 Å². The van der Waals surface area contributed by atoms with Crippen LogP contribution in [0.1, 0.15) is 18.9 Å². The highest BCUT2D eigenvalue weighted by Crippen LogP contribution is 2.19. The second-order valence-corrected chi connectivity index (χ2v) is 4.74. The van der Waals surface area contributed by atoms with Crippen molar-refractivity contribution in [2.24, 2.45) is 7.05 Å². The third-order valence-corrected chi connectivity index (χ3v) is 3.15. The van der Waals surface area contributed by atoms with Gasteiger partial charge in [0.15, 0.2) is 0 Å². The molecule has 2 aromatic rings. The Labute approximate surface area is 113 Å². The summed E-state index contributed by atoms with van der Waals surface area (Å²) in [4.78, 5) is 11.5. The van der Waals surface area contributed by atoms with Crippen LogP contribution in [0.3, 0.4) is 0 Å². The van der Waals surface area contributed by atoms with Crippen molar-refractivity contribution in [3.63, 3.8) is 0 Å². The first-order valence-electron chi connectivity index (χ1n) is 6.72. The maximum atomic E-state index is 11.5. The molecule has 4 heteroatoms. The summed E-state index contributed by atoms with van der Waals surface area (Å²) in [6.45, 7) is 3.86. The van der Waals surface area contributed by atoms with Gasteiger partial charge < -0.3 is 15.2 Å². The van der Waals surface area contributed by atoms with Crippen LogP contribution in [0.2, 0.25) is 0 Å². The summed E-state index contributed by atoms with van der Waals surface area (Å²) in [7, 11) is 2.04. The Balaban J connectivity index is 1.93. The molecule has 0 atom stereocenters. The van der Waals surface area contributed by atoms with Crippen molar-refractivity contribution in [1.82, 2.24) is 15.2 Å². The number of para-hydroxylation sites is 1. The molecule has 0 saturated carbocycles. The van der Waals surface area contributed by atoms with E-state index in [1.807, 2.05) is 26.1 Å². The Morgan fingerprint density at radius 1 is 1.32 bits per heavy atom. The number of hydrogen-bond donors (Lipinski definition) is 2. The van der Waals surface area contributed by atoms with Gasteiger partial charge in [0.1, 0.15) is 0 Å². The predicted molar refractivity (Wildman–Crippen MR) is 77.9 cm³/mol. The van der Waals surface area contributed by atoms with Gasteiger partial charge in [0.25, 0.3) is 0 Å². The molecule has 19 heavy (non-hydrogen) atoms. The molecule has 0 unspecified atom stereocenters. The molecular formula is C15H21N3O. The third kappa shape index (κ3) is 3.35. The number of fused-ring (bicyclic) bond motifs is 1. The van der Waals surface area contributed by atoms with Gasteiger partial charge in [0, 0.05) is 37.2 Å². The molecule has 2 N–H and O–H groups in total. The van der Waals surface area contributed by atoms with Crippen LogP contribution in [0.5, 0.6) is 0 Å². The molecule has 0 spiro atoms. The van der Waals surface area contributed by atoms with Crippen LogP contribution in [0.25, 0.3) is 10.9 Å². The number of carbonyl (C=O) groups excluding carboxylic acids is 1. The lowest BCUT2D eigenvalue weighted by atomic mass is 10.2. The number of aryl methyl sites for hydroxylation is 1. The van der Waals surface area contributed by atoms with Crippen molar-refractivity contribution in [2.75, 3.05) is 13.1 Å². The quantitative estimate of drug-likeness (QED) is 0.831. The van der Waals surface area contributed by atoms with E-state index in [2.05, 4.69) is 33.5 Å². The predicted octanol–water partition coefficient (Wildman–Crippen LogP) is 1.79. The average molecular weight is 259 g/mol. The number of benzene rings is 1. The number of rotatable bonds is 6. The standard InChI is InChI=1S/C15H21N3O/c1-3-8-17-15(19)10-16-9-12-11-18(2)14-7-5-4-6-13(12)14/h4-7,11,16H,3,8-10H2,1-2H3,(H,17,19). The molecule has 0 bridgehead atoms. The lowest BCUT2D eigenvalue weighted by molar-refractivity contribution is -0.120. The van der Waals surface area contributed by atoms with Gasteiger partial charge in [0.05, 0.1) is 6.54 Å². The molecule has 1 aromatic heterocycles. The van der Waals surface area contributed by atoms with Crippen molar-refractivity contribution < 1.29 is 4.79 Å². The number of aromatic nitrogens is 1. The zero-order valence-electron chi connectivity index (χ0n) is 11.6. The second-order valence-electron chi connectivity index (χ2n) is 4.74. The van der Waals surface area contributed by atoms with Gasteiger partial charge in [-0.1, -0.05) is 25.1 Å². The van der Waals surface area contributed by atoms with E-state index in [0.29, 0.717) is 13.1 Å². The van der Waals surface area contributed by atoms with Gasteiger partial charge in [-0.25, -0.2) is 0 Å². The summed E-state index contributed by atoms with van der Waals surface area (Å²) >= 11 is 0. The summed E-state index contributed by atoms with van der Waals surface area (Å²) < 4.78 is 2.11. The van der Waals surface area contributed by atoms with E-state index in [-0.39, 0.29) is 5.91 Å². The average Bonchev–Trinajstić information content (AvgIpc) is 2.74. The van der Waals surface area contributed by atoms with Crippen LogP contribution in [-0.4, -0.2) is 23.6 Å². The Bertz CT molecular complexity index is 560. The monoisotopic (exact) mass is 259 g/mol. The highest BCUT2D eigenvalue weighted by atomic mass is 16.1. The maximum Gasteiger partial charge on any atom is 0.233 e. The van der Waals surface area contributed by atoms with Gasteiger partial charge in [-0.15, -0.1) is 0 Å². The van der Waals surface area contributed by atoms with E-state index in [1.165, 1.54) is 16.5 Å². The molecule has 0 saturated heterocycles. The molecular weight excluding hydrogens is 238 g/mol. The zero-order chi connectivity index (χ0) is 13.7. The fraction of sp³-hybridized carbons (Fsp3) is 0.400. The fourth-order valence-corrected chi connectivity index (χ4v) is 2.20. The van der Waals surface area contributed by atoms with Gasteiger partial charge >= 0.3 is 0 Å². The Kier molecular flexibility index (Phi) is 4.58. The minimum atomic E-state index is 0.0575. The van der Waals surface area contributed by atoms with E-state index >= 15 is 0 Å². The summed E-state index contributed by atoms with van der Waals surface area (Å²) in [5.74, 6) is 0.0575. The van der Waals surface area contributed by atoms with Crippen LogP contribution in [0.4, 0.5) is 0 Å². The van der Waals surface area contributed by atoms with Crippen LogP contribution in [-0.2, 0) is 18.4 Å². The lowest BCUT2D eigenvalue weighted by Gasteiger charge is -2.05. The Morgan fingerprint density at radius 2 is 2.11 bits per heavy atom. The van der Waals surface area contributed by atoms with Crippen molar-refractivity contribution in [2.45, 2.75) is 19.9 Å². The highest BCUT2D eigenvalue weighted by molar-refractivity contribution is 5.84. The van der Waals surface area contributed by atoms with E-state index in [1.54, 1.807) is 0 Å². The van der Waals surface area contributed by atoms with E-state index in [0.717, 1.165) is 13.0 Å². The first-order valence-corrected chi connectivity index (χ1v) is 6.72. The smallest absolute Gasteiger partial charge is 0.233 e. The number of amides is 1. The topological polar surface area (TPSA) is 46.1 Å². The molecule has 4 nitrogen and oxygen atoms in total. The second kappa shape index (κ2) is 6.38. The minimum absolute atomic E-state index is 0.0575. The normalized spacial score (nSPS) is 10.8. The largest absolute Gasteiger partial charge is 0.355 e. The molecule has 0 radical (unpaired) electrons. The Morgan fingerprint density at radius 3 is 2.89 bits per heavy atom. The maximum absolute atomic E-state index is 11.5. The minimum Gasteiger partial charge on any atom is -0.355 e. The van der Waals surface area contributed by atoms with Crippen LogP contribution >= 0.6 is 0 Å². The Hall–Kier alpha value is -1.81. The molecule has 1 amide bonds. The van der Waals surface area contributed by atoms with Crippen molar-refractivity contribution in [3.8, 4) is 0 Å². The molecule has 0 aliphatic heterocycles. The summed E-state index contributed by atoms with van der Waals surface area (Å²) in [6.07, 6.45) is 3.08. The molecule has 0 aliphatic rings. The number of carbonyl (C=O) groups is 1. The van der Waals surface area contributed by atoms with E-state index in [9.17, 15) is 4.79 Å². The van der Waals surface area contributed by atoms with Gasteiger partial charge in [-0.2, -0.15) is 0 Å². The van der Waals surface area contributed by atoms with Crippen molar-refractivity contribution in [3.05, 3.63) is 36.0 Å². The molecule has 0 fully saturated rings. The third-order valence-electron chi connectivity index (χ3n) is 3.15. The first-order chi connectivity index (χ1) is 9.22. The van der Waals surface area contributed by atoms with E-state index in [4.69, 9.17) is 0 Å². The zero-order valence-corrected chi connectivity index (χ0v) is 11.6. The summed E-state index contributed by atoms with van der Waals surface area (Å²) in [5.41, 5.74) is 2.44. The molecule has 2 rings (SSSR count). The summed E-state index contributed by atoms with van der Waals surface area (Å²) in [5, 5.41) is 7.29.